The second-order valence-electron chi connectivity index (χ2n) is 5.19. The van der Waals surface area contributed by atoms with Crippen molar-refractivity contribution in [3.05, 3.63) is 17.7 Å². The van der Waals surface area contributed by atoms with Crippen LogP contribution in [0, 0.1) is 0 Å². The fourth-order valence-corrected chi connectivity index (χ4v) is 1.57. The lowest BCUT2D eigenvalue weighted by Gasteiger charge is -2.12. The summed E-state index contributed by atoms with van der Waals surface area (Å²) >= 11 is 0. The first-order chi connectivity index (χ1) is 9.85. The summed E-state index contributed by atoms with van der Waals surface area (Å²) in [4.78, 5) is 31.9. The first kappa shape index (κ1) is 16.8. The molecule has 0 unspecified atom stereocenters. The van der Waals surface area contributed by atoms with Gasteiger partial charge in [0.25, 0.3) is 5.91 Å². The largest absolute Gasteiger partial charge is 0.352 e. The number of nitrogens with zero attached hydrogens (tertiary/aromatic N) is 2. The third kappa shape index (κ3) is 4.99. The van der Waals surface area contributed by atoms with Crippen molar-refractivity contribution >= 4 is 17.5 Å². The second kappa shape index (κ2) is 7.53. The van der Waals surface area contributed by atoms with E-state index in [0.717, 1.165) is 0 Å². The van der Waals surface area contributed by atoms with Crippen LogP contribution >= 0.6 is 0 Å². The van der Waals surface area contributed by atoms with E-state index in [4.69, 9.17) is 5.84 Å². The SMILES string of the molecule is CC(C)NC(=O)CNC(=O)c1nc(C(C)C)ncc1NN. The van der Waals surface area contributed by atoms with Crippen molar-refractivity contribution in [3.63, 3.8) is 0 Å². The molecule has 0 aliphatic heterocycles. The van der Waals surface area contributed by atoms with Crippen molar-refractivity contribution in [2.75, 3.05) is 12.0 Å². The van der Waals surface area contributed by atoms with Crippen LogP contribution in [-0.4, -0.2) is 34.4 Å². The summed E-state index contributed by atoms with van der Waals surface area (Å²) in [5, 5.41) is 5.19. The van der Waals surface area contributed by atoms with Gasteiger partial charge in [0.2, 0.25) is 5.91 Å². The number of amides is 2. The topological polar surface area (TPSA) is 122 Å². The lowest BCUT2D eigenvalue weighted by atomic mass is 10.2. The van der Waals surface area contributed by atoms with Crippen molar-refractivity contribution < 1.29 is 9.59 Å². The molecule has 0 spiro atoms. The smallest absolute Gasteiger partial charge is 0.272 e. The number of aromatic nitrogens is 2. The second-order valence-corrected chi connectivity index (χ2v) is 5.19. The molecule has 0 bridgehead atoms. The molecule has 8 heteroatoms. The summed E-state index contributed by atoms with van der Waals surface area (Å²) < 4.78 is 0. The van der Waals surface area contributed by atoms with Crippen LogP contribution in [0.25, 0.3) is 0 Å². The zero-order valence-electron chi connectivity index (χ0n) is 12.7. The van der Waals surface area contributed by atoms with Crippen molar-refractivity contribution in [1.82, 2.24) is 20.6 Å². The number of hydrogen-bond acceptors (Lipinski definition) is 6. The van der Waals surface area contributed by atoms with Crippen molar-refractivity contribution in [2.24, 2.45) is 5.84 Å². The number of nitrogen functional groups attached to an aromatic ring is 1. The molecule has 0 atom stereocenters. The van der Waals surface area contributed by atoms with Crippen molar-refractivity contribution in [3.8, 4) is 0 Å². The maximum atomic E-state index is 12.1. The maximum Gasteiger partial charge on any atom is 0.272 e. The molecule has 2 amide bonds. The minimum atomic E-state index is -0.480. The van der Waals surface area contributed by atoms with Gasteiger partial charge in [0.1, 0.15) is 5.82 Å². The van der Waals surface area contributed by atoms with Gasteiger partial charge in [-0.1, -0.05) is 13.8 Å². The number of carbonyl (C=O) groups excluding carboxylic acids is 2. The molecular formula is C13H22N6O2. The predicted molar refractivity (Wildman–Crippen MR) is 79.5 cm³/mol. The third-order valence-electron chi connectivity index (χ3n) is 2.55. The van der Waals surface area contributed by atoms with Crippen LogP contribution in [0.2, 0.25) is 0 Å². The van der Waals surface area contributed by atoms with Crippen LogP contribution in [0.1, 0.15) is 49.9 Å². The highest BCUT2D eigenvalue weighted by Crippen LogP contribution is 2.15. The van der Waals surface area contributed by atoms with E-state index in [9.17, 15) is 9.59 Å². The average molecular weight is 294 g/mol. The Morgan fingerprint density at radius 1 is 1.29 bits per heavy atom. The van der Waals surface area contributed by atoms with E-state index in [1.165, 1.54) is 6.20 Å². The van der Waals surface area contributed by atoms with Crippen LogP contribution in [0.5, 0.6) is 0 Å². The monoisotopic (exact) mass is 294 g/mol. The third-order valence-corrected chi connectivity index (χ3v) is 2.55. The molecule has 1 heterocycles. The fourth-order valence-electron chi connectivity index (χ4n) is 1.57. The van der Waals surface area contributed by atoms with Gasteiger partial charge in [0.05, 0.1) is 18.4 Å². The molecule has 1 aromatic heterocycles. The molecule has 0 saturated heterocycles. The Kier molecular flexibility index (Phi) is 6.04. The maximum absolute atomic E-state index is 12.1. The fraction of sp³-hybridized carbons (Fsp3) is 0.538. The van der Waals surface area contributed by atoms with E-state index in [1.54, 1.807) is 0 Å². The molecule has 8 nitrogen and oxygen atoms in total. The van der Waals surface area contributed by atoms with Gasteiger partial charge >= 0.3 is 0 Å². The molecule has 5 N–H and O–H groups in total. The van der Waals surface area contributed by atoms with Gasteiger partial charge in [-0.3, -0.25) is 15.4 Å². The first-order valence-corrected chi connectivity index (χ1v) is 6.76. The Hall–Kier alpha value is -2.22. The zero-order chi connectivity index (χ0) is 16.0. The number of hydrogen-bond donors (Lipinski definition) is 4. The zero-order valence-corrected chi connectivity index (χ0v) is 12.7. The summed E-state index contributed by atoms with van der Waals surface area (Å²) in [6.07, 6.45) is 1.45. The van der Waals surface area contributed by atoms with Gasteiger partial charge in [-0.25, -0.2) is 9.97 Å². The van der Waals surface area contributed by atoms with Gasteiger partial charge in [-0.05, 0) is 13.8 Å². The molecule has 0 fully saturated rings. The van der Waals surface area contributed by atoms with Crippen LogP contribution in [0.3, 0.4) is 0 Å². The molecule has 21 heavy (non-hydrogen) atoms. The summed E-state index contributed by atoms with van der Waals surface area (Å²) in [6, 6.07) is 0.0160. The van der Waals surface area contributed by atoms with E-state index >= 15 is 0 Å². The number of nitrogens with two attached hydrogens (primary N) is 1. The highest BCUT2D eigenvalue weighted by Gasteiger charge is 2.17. The van der Waals surface area contributed by atoms with Crippen LogP contribution in [-0.2, 0) is 4.79 Å². The molecule has 0 aliphatic carbocycles. The standard InChI is InChI=1S/C13H22N6O2/c1-7(2)12-15-5-9(19-14)11(18-12)13(21)16-6-10(20)17-8(3)4/h5,7-8,19H,6,14H2,1-4H3,(H,16,21)(H,17,20). The number of nitrogens with one attached hydrogen (secondary N) is 3. The lowest BCUT2D eigenvalue weighted by molar-refractivity contribution is -0.120. The number of anilines is 1. The molecule has 116 valence electrons. The first-order valence-electron chi connectivity index (χ1n) is 6.76. The van der Waals surface area contributed by atoms with E-state index < -0.39 is 5.91 Å². The van der Waals surface area contributed by atoms with Gasteiger partial charge in [-0.15, -0.1) is 0 Å². The Labute approximate surface area is 123 Å². The summed E-state index contributed by atoms with van der Waals surface area (Å²) in [6.45, 7) is 7.40. The molecule has 1 aromatic rings. The van der Waals surface area contributed by atoms with Gasteiger partial charge < -0.3 is 16.1 Å². The van der Waals surface area contributed by atoms with Crippen LogP contribution in [0.15, 0.2) is 6.20 Å². The summed E-state index contributed by atoms with van der Waals surface area (Å²) in [5.74, 6) is 5.21. The van der Waals surface area contributed by atoms with Crippen LogP contribution < -0.4 is 21.9 Å². The molecule has 1 rings (SSSR count). The van der Waals surface area contributed by atoms with Crippen molar-refractivity contribution in [1.29, 1.82) is 0 Å². The lowest BCUT2D eigenvalue weighted by Crippen LogP contribution is -2.40. The minimum Gasteiger partial charge on any atom is -0.352 e. The average Bonchev–Trinajstić information content (AvgIpc) is 2.43. The Morgan fingerprint density at radius 3 is 2.48 bits per heavy atom. The summed E-state index contributed by atoms with van der Waals surface area (Å²) in [7, 11) is 0. The van der Waals surface area contributed by atoms with E-state index in [1.807, 2.05) is 27.7 Å². The molecule has 0 aromatic carbocycles. The van der Waals surface area contributed by atoms with Gasteiger partial charge in [-0.2, -0.15) is 0 Å². The van der Waals surface area contributed by atoms with E-state index in [0.29, 0.717) is 11.5 Å². The van der Waals surface area contributed by atoms with E-state index in [-0.39, 0.29) is 30.1 Å². The van der Waals surface area contributed by atoms with Crippen molar-refractivity contribution in [2.45, 2.75) is 39.7 Å². The Bertz CT molecular complexity index is 515. The molecule has 0 saturated carbocycles. The molecule has 0 radical (unpaired) electrons. The van der Waals surface area contributed by atoms with Gasteiger partial charge in [0.15, 0.2) is 5.69 Å². The molecule has 0 aliphatic rings. The normalized spacial score (nSPS) is 10.6. The van der Waals surface area contributed by atoms with Crippen LogP contribution in [0.4, 0.5) is 5.69 Å². The number of rotatable bonds is 6. The van der Waals surface area contributed by atoms with E-state index in [2.05, 4.69) is 26.0 Å². The Balaban J connectivity index is 2.81. The molecular weight excluding hydrogens is 272 g/mol. The highest BCUT2D eigenvalue weighted by molar-refractivity contribution is 5.99. The number of hydrazine groups is 1. The van der Waals surface area contributed by atoms with Gasteiger partial charge in [0, 0.05) is 12.0 Å². The predicted octanol–water partition coefficient (Wildman–Crippen LogP) is 0.140. The Morgan fingerprint density at radius 2 is 1.95 bits per heavy atom. The number of carbonyl (C=O) groups is 2. The quantitative estimate of drug-likeness (QED) is 0.437. The highest BCUT2D eigenvalue weighted by atomic mass is 16.2. The summed E-state index contributed by atoms with van der Waals surface area (Å²) in [5.41, 5.74) is 2.80. The minimum absolute atomic E-state index is 0.0160.